The van der Waals surface area contributed by atoms with Crippen LogP contribution >= 0.6 is 0 Å². The maximum absolute atomic E-state index is 12.2. The summed E-state index contributed by atoms with van der Waals surface area (Å²) in [5.41, 5.74) is 0. The molecule has 39 heavy (non-hydrogen) atoms. The molecule has 0 aliphatic rings. The van der Waals surface area contributed by atoms with Crippen LogP contribution in [0.25, 0.3) is 0 Å². The van der Waals surface area contributed by atoms with Crippen LogP contribution in [0.4, 0.5) is 0 Å². The third kappa shape index (κ3) is 31.1. The van der Waals surface area contributed by atoms with Crippen molar-refractivity contribution >= 4 is 11.9 Å². The van der Waals surface area contributed by atoms with Crippen LogP contribution in [0.3, 0.4) is 0 Å². The van der Waals surface area contributed by atoms with E-state index in [1.165, 1.54) is 135 Å². The summed E-state index contributed by atoms with van der Waals surface area (Å²) in [6.07, 6.45) is 36.7. The smallest absolute Gasteiger partial charge is 0.307 e. The minimum atomic E-state index is -0.883. The molecule has 0 saturated carbocycles. The van der Waals surface area contributed by atoms with E-state index in [1.807, 2.05) is 0 Å². The number of carboxylic acid groups (broad SMARTS) is 1. The normalized spacial score (nSPS) is 12.3. The average Bonchev–Trinajstić information content (AvgIpc) is 2.91. The van der Waals surface area contributed by atoms with Crippen molar-refractivity contribution in [1.82, 2.24) is 0 Å². The summed E-state index contributed by atoms with van der Waals surface area (Å²) in [7, 11) is 0. The number of carboxylic acids is 1. The summed E-state index contributed by atoms with van der Waals surface area (Å²) in [6, 6.07) is 0. The Bertz CT molecular complexity index is 557. The number of esters is 1. The highest BCUT2D eigenvalue weighted by molar-refractivity contribution is 5.71. The largest absolute Gasteiger partial charge is 0.481 e. The monoisotopic (exact) mass is 550 g/mol. The van der Waals surface area contributed by atoms with Gasteiger partial charge in [-0.2, -0.15) is 0 Å². The molecule has 4 heteroatoms. The number of hydrogen-bond donors (Lipinski definition) is 1. The van der Waals surface area contributed by atoms with E-state index in [9.17, 15) is 9.59 Å². The first-order valence-corrected chi connectivity index (χ1v) is 17.2. The average molecular weight is 551 g/mol. The van der Waals surface area contributed by atoms with Crippen molar-refractivity contribution in [3.8, 4) is 0 Å². The standard InChI is InChI=1S/C35H66O4/c1-3-5-7-9-11-12-13-14-15-16-17-18-19-20-21-22-23-25-27-29-31-35(38)39-33(32-34(36)37)30-28-26-24-10-8-6-4-2/h14-15,33H,3-13,16-32H2,1-2H3,(H,36,37)/b15-14-. The molecule has 0 bridgehead atoms. The predicted molar refractivity (Wildman–Crippen MR) is 167 cm³/mol. The molecule has 0 radical (unpaired) electrons. The lowest BCUT2D eigenvalue weighted by atomic mass is 10.0. The van der Waals surface area contributed by atoms with Gasteiger partial charge in [0.05, 0.1) is 6.42 Å². The van der Waals surface area contributed by atoms with E-state index in [-0.39, 0.29) is 12.4 Å². The number of aliphatic carboxylic acids is 1. The summed E-state index contributed by atoms with van der Waals surface area (Å²) in [6.45, 7) is 4.49. The molecule has 0 aliphatic carbocycles. The molecule has 4 nitrogen and oxygen atoms in total. The lowest BCUT2D eigenvalue weighted by molar-refractivity contribution is -0.153. The highest BCUT2D eigenvalue weighted by atomic mass is 16.5. The van der Waals surface area contributed by atoms with Gasteiger partial charge in [-0.25, -0.2) is 0 Å². The maximum atomic E-state index is 12.2. The fourth-order valence-corrected chi connectivity index (χ4v) is 5.20. The highest BCUT2D eigenvalue weighted by Crippen LogP contribution is 2.16. The molecule has 0 spiro atoms. The first kappa shape index (κ1) is 37.7. The van der Waals surface area contributed by atoms with Crippen molar-refractivity contribution in [3.05, 3.63) is 12.2 Å². The Hall–Kier alpha value is -1.32. The highest BCUT2D eigenvalue weighted by Gasteiger charge is 2.17. The molecule has 230 valence electrons. The lowest BCUT2D eigenvalue weighted by Gasteiger charge is -2.16. The molecule has 1 unspecified atom stereocenters. The van der Waals surface area contributed by atoms with Crippen molar-refractivity contribution in [2.24, 2.45) is 0 Å². The van der Waals surface area contributed by atoms with Crippen LogP contribution in [0.1, 0.15) is 194 Å². The molecule has 0 fully saturated rings. The fourth-order valence-electron chi connectivity index (χ4n) is 5.20. The number of ether oxygens (including phenoxy) is 1. The number of hydrogen-bond acceptors (Lipinski definition) is 3. The van der Waals surface area contributed by atoms with E-state index in [1.54, 1.807) is 0 Å². The molecule has 1 N–H and O–H groups in total. The summed E-state index contributed by atoms with van der Waals surface area (Å²) >= 11 is 0. The van der Waals surface area contributed by atoms with Gasteiger partial charge in [0.2, 0.25) is 0 Å². The van der Waals surface area contributed by atoms with Gasteiger partial charge >= 0.3 is 11.9 Å². The minimum Gasteiger partial charge on any atom is -0.481 e. The molecule has 0 aromatic rings. The molecule has 0 aromatic heterocycles. The maximum Gasteiger partial charge on any atom is 0.307 e. The van der Waals surface area contributed by atoms with E-state index in [0.717, 1.165) is 25.7 Å². The Morgan fingerprint density at radius 1 is 0.564 bits per heavy atom. The third-order valence-electron chi connectivity index (χ3n) is 7.72. The van der Waals surface area contributed by atoms with Crippen LogP contribution < -0.4 is 0 Å². The number of allylic oxidation sites excluding steroid dienone is 2. The van der Waals surface area contributed by atoms with Gasteiger partial charge in [-0.05, 0) is 44.9 Å². The zero-order valence-corrected chi connectivity index (χ0v) is 26.2. The second-order valence-corrected chi connectivity index (χ2v) is 11.7. The van der Waals surface area contributed by atoms with Gasteiger partial charge in [0.25, 0.3) is 0 Å². The van der Waals surface area contributed by atoms with E-state index < -0.39 is 12.1 Å². The topological polar surface area (TPSA) is 63.6 Å². The van der Waals surface area contributed by atoms with Crippen molar-refractivity contribution in [1.29, 1.82) is 0 Å². The Morgan fingerprint density at radius 3 is 1.38 bits per heavy atom. The van der Waals surface area contributed by atoms with E-state index in [0.29, 0.717) is 12.8 Å². The second kappa shape index (κ2) is 31.2. The zero-order chi connectivity index (χ0) is 28.7. The molecule has 1 atom stereocenters. The zero-order valence-electron chi connectivity index (χ0n) is 26.2. The van der Waals surface area contributed by atoms with Gasteiger partial charge in [-0.15, -0.1) is 0 Å². The number of carbonyl (C=O) groups excluding carboxylic acids is 1. The molecular weight excluding hydrogens is 484 g/mol. The van der Waals surface area contributed by atoms with Crippen molar-refractivity contribution < 1.29 is 19.4 Å². The van der Waals surface area contributed by atoms with Crippen LogP contribution in [0.5, 0.6) is 0 Å². The van der Waals surface area contributed by atoms with Crippen LogP contribution in [0, 0.1) is 0 Å². The first-order chi connectivity index (χ1) is 19.1. The Morgan fingerprint density at radius 2 is 0.949 bits per heavy atom. The van der Waals surface area contributed by atoms with Crippen LogP contribution in [0.2, 0.25) is 0 Å². The minimum absolute atomic E-state index is 0.0719. The summed E-state index contributed by atoms with van der Waals surface area (Å²) in [5, 5.41) is 9.15. The summed E-state index contributed by atoms with van der Waals surface area (Å²) < 4.78 is 5.52. The predicted octanol–water partition coefficient (Wildman–Crippen LogP) is 11.5. The summed E-state index contributed by atoms with van der Waals surface area (Å²) in [4.78, 5) is 23.4. The fraction of sp³-hybridized carbons (Fsp3) is 0.886. The molecule has 0 aromatic carbocycles. The van der Waals surface area contributed by atoms with E-state index >= 15 is 0 Å². The lowest BCUT2D eigenvalue weighted by Crippen LogP contribution is -2.21. The number of carbonyl (C=O) groups is 2. The van der Waals surface area contributed by atoms with Gasteiger partial charge < -0.3 is 9.84 Å². The van der Waals surface area contributed by atoms with Gasteiger partial charge in [0, 0.05) is 6.42 Å². The van der Waals surface area contributed by atoms with Crippen molar-refractivity contribution in [3.63, 3.8) is 0 Å². The van der Waals surface area contributed by atoms with Crippen LogP contribution in [0.15, 0.2) is 12.2 Å². The molecule has 0 saturated heterocycles. The second-order valence-electron chi connectivity index (χ2n) is 11.7. The van der Waals surface area contributed by atoms with Crippen molar-refractivity contribution in [2.75, 3.05) is 0 Å². The van der Waals surface area contributed by atoms with Crippen molar-refractivity contribution in [2.45, 2.75) is 200 Å². The Kier molecular flexibility index (Phi) is 30.2. The SMILES string of the molecule is CCCCCCCC/C=C\CCCCCCCCCCCCC(=O)OC(CCCCCCCCC)CC(=O)O. The van der Waals surface area contributed by atoms with Gasteiger partial charge in [0.1, 0.15) is 6.10 Å². The van der Waals surface area contributed by atoms with E-state index in [4.69, 9.17) is 9.84 Å². The molecule has 0 heterocycles. The summed E-state index contributed by atoms with van der Waals surface area (Å²) in [5.74, 6) is -1.10. The number of rotatable bonds is 31. The van der Waals surface area contributed by atoms with Gasteiger partial charge in [-0.3, -0.25) is 9.59 Å². The molecule has 0 aliphatic heterocycles. The van der Waals surface area contributed by atoms with E-state index in [2.05, 4.69) is 26.0 Å². The first-order valence-electron chi connectivity index (χ1n) is 17.2. The quantitative estimate of drug-likeness (QED) is 0.0529. The van der Waals surface area contributed by atoms with Crippen LogP contribution in [-0.2, 0) is 14.3 Å². The number of unbranched alkanes of at least 4 members (excludes halogenated alkanes) is 22. The van der Waals surface area contributed by atoms with Gasteiger partial charge in [0.15, 0.2) is 0 Å². The molecule has 0 rings (SSSR count). The Balaban J connectivity index is 3.54. The molecule has 0 amide bonds. The van der Waals surface area contributed by atoms with Gasteiger partial charge in [-0.1, -0.05) is 148 Å². The Labute approximate surface area is 243 Å². The van der Waals surface area contributed by atoms with Crippen LogP contribution in [-0.4, -0.2) is 23.1 Å². The molecular formula is C35H66O4. The third-order valence-corrected chi connectivity index (χ3v) is 7.72.